The molecule has 0 amide bonds. The Hall–Kier alpha value is -2.85. The van der Waals surface area contributed by atoms with Crippen molar-refractivity contribution in [3.63, 3.8) is 0 Å². The first-order chi connectivity index (χ1) is 17.0. The van der Waals surface area contributed by atoms with Gasteiger partial charge >= 0.3 is 0 Å². The lowest BCUT2D eigenvalue weighted by Gasteiger charge is -2.57. The van der Waals surface area contributed by atoms with E-state index >= 15 is 0 Å². The summed E-state index contributed by atoms with van der Waals surface area (Å²) in [5.74, 6) is 0.563. The van der Waals surface area contributed by atoms with E-state index in [1.54, 1.807) is 41.0 Å². The van der Waals surface area contributed by atoms with Gasteiger partial charge in [-0.05, 0) is 42.6 Å². The zero-order valence-electron chi connectivity index (χ0n) is 19.7. The SMILES string of the molecule is COc1cccc(S(=O)(=O)N2CCCCN3[C@H](CO)[C@H](c4ccc(-c5cncnc5)cc4)[C@@H]3C2)c1. The van der Waals surface area contributed by atoms with E-state index in [9.17, 15) is 13.5 Å². The van der Waals surface area contributed by atoms with Crippen LogP contribution < -0.4 is 4.74 Å². The number of hydrogen-bond acceptors (Lipinski definition) is 7. The predicted molar refractivity (Wildman–Crippen MR) is 133 cm³/mol. The van der Waals surface area contributed by atoms with Gasteiger partial charge in [0.2, 0.25) is 10.0 Å². The smallest absolute Gasteiger partial charge is 0.243 e. The van der Waals surface area contributed by atoms with Gasteiger partial charge in [-0.15, -0.1) is 0 Å². The highest BCUT2D eigenvalue weighted by Gasteiger charge is 2.50. The molecular formula is C26H30N4O4S. The number of aliphatic hydroxyl groups is 1. The van der Waals surface area contributed by atoms with Gasteiger partial charge in [0.25, 0.3) is 0 Å². The van der Waals surface area contributed by atoms with Crippen molar-refractivity contribution in [3.8, 4) is 16.9 Å². The minimum absolute atomic E-state index is 0.00117. The molecule has 3 heterocycles. The maximum absolute atomic E-state index is 13.6. The summed E-state index contributed by atoms with van der Waals surface area (Å²) in [4.78, 5) is 10.7. The Kier molecular flexibility index (Phi) is 6.84. The van der Waals surface area contributed by atoms with Gasteiger partial charge < -0.3 is 9.84 Å². The van der Waals surface area contributed by atoms with Crippen molar-refractivity contribution >= 4 is 10.0 Å². The molecule has 2 saturated heterocycles. The second-order valence-electron chi connectivity index (χ2n) is 9.08. The van der Waals surface area contributed by atoms with Gasteiger partial charge in [0.1, 0.15) is 12.1 Å². The molecule has 2 aliphatic rings. The van der Waals surface area contributed by atoms with Crippen LogP contribution >= 0.6 is 0 Å². The lowest BCUT2D eigenvalue weighted by Crippen LogP contribution is -2.67. The molecule has 0 saturated carbocycles. The summed E-state index contributed by atoms with van der Waals surface area (Å²) in [6.07, 6.45) is 6.73. The van der Waals surface area contributed by atoms with Gasteiger partial charge in [0.15, 0.2) is 0 Å². The minimum Gasteiger partial charge on any atom is -0.497 e. The molecule has 0 unspecified atom stereocenters. The van der Waals surface area contributed by atoms with E-state index in [1.165, 1.54) is 13.4 Å². The molecule has 9 heteroatoms. The molecule has 1 aromatic heterocycles. The number of nitrogens with zero attached hydrogens (tertiary/aromatic N) is 4. The first-order valence-corrected chi connectivity index (χ1v) is 13.3. The number of rotatable bonds is 6. The van der Waals surface area contributed by atoms with Crippen molar-refractivity contribution in [1.82, 2.24) is 19.2 Å². The quantitative estimate of drug-likeness (QED) is 0.563. The monoisotopic (exact) mass is 494 g/mol. The number of sulfonamides is 1. The molecular weight excluding hydrogens is 464 g/mol. The fourth-order valence-electron chi connectivity index (χ4n) is 5.38. The number of methoxy groups -OCH3 is 1. The topological polar surface area (TPSA) is 95.9 Å². The van der Waals surface area contributed by atoms with E-state index in [0.29, 0.717) is 18.8 Å². The van der Waals surface area contributed by atoms with Crippen LogP contribution in [0.2, 0.25) is 0 Å². The molecule has 0 aliphatic carbocycles. The van der Waals surface area contributed by atoms with Crippen LogP contribution in [0.1, 0.15) is 24.3 Å². The Bertz CT molecular complexity index is 1250. The molecule has 5 rings (SSSR count). The van der Waals surface area contributed by atoms with Crippen LogP contribution in [0.4, 0.5) is 0 Å². The third-order valence-corrected chi connectivity index (χ3v) is 9.06. The first-order valence-electron chi connectivity index (χ1n) is 11.9. The molecule has 35 heavy (non-hydrogen) atoms. The molecule has 3 aromatic rings. The normalized spacial score (nSPS) is 23.5. The van der Waals surface area contributed by atoms with Gasteiger partial charge in [-0.1, -0.05) is 30.3 Å². The molecule has 2 fully saturated rings. The third-order valence-electron chi connectivity index (χ3n) is 7.20. The van der Waals surface area contributed by atoms with Crippen LogP contribution in [-0.2, 0) is 10.0 Å². The van der Waals surface area contributed by atoms with E-state index in [2.05, 4.69) is 27.0 Å². The fraction of sp³-hybridized carbons (Fsp3) is 0.385. The summed E-state index contributed by atoms with van der Waals surface area (Å²) in [6.45, 7) is 1.76. The number of fused-ring (bicyclic) bond motifs is 1. The molecule has 0 bridgehead atoms. The van der Waals surface area contributed by atoms with E-state index in [4.69, 9.17) is 4.74 Å². The Morgan fingerprint density at radius 2 is 1.77 bits per heavy atom. The van der Waals surface area contributed by atoms with E-state index in [1.807, 2.05) is 12.1 Å². The summed E-state index contributed by atoms with van der Waals surface area (Å²) in [7, 11) is -2.15. The maximum Gasteiger partial charge on any atom is 0.243 e. The standard InChI is InChI=1S/C26H30N4O4S/c1-34-22-5-4-6-23(13-22)35(32,33)29-11-2-3-12-30-24(16-29)26(25(30)17-31)20-9-7-19(8-10-20)21-14-27-18-28-15-21/h4-10,13-15,18,24-26,31H,2-3,11-12,16-17H2,1H3/t24-,25+,26+/m0/s1. The second-order valence-corrected chi connectivity index (χ2v) is 11.0. The maximum atomic E-state index is 13.6. The zero-order valence-corrected chi connectivity index (χ0v) is 20.5. The first kappa shape index (κ1) is 23.9. The summed E-state index contributed by atoms with van der Waals surface area (Å²) in [5.41, 5.74) is 3.06. The van der Waals surface area contributed by atoms with Crippen LogP contribution in [-0.4, -0.2) is 78.1 Å². The highest BCUT2D eigenvalue weighted by molar-refractivity contribution is 7.89. The van der Waals surface area contributed by atoms with E-state index in [-0.39, 0.29) is 29.5 Å². The molecule has 3 atom stereocenters. The van der Waals surface area contributed by atoms with Gasteiger partial charge in [0.05, 0.1) is 18.6 Å². The predicted octanol–water partition coefficient (Wildman–Crippen LogP) is 2.77. The van der Waals surface area contributed by atoms with Gasteiger partial charge in [0, 0.05) is 55.1 Å². The molecule has 8 nitrogen and oxygen atoms in total. The van der Waals surface area contributed by atoms with Crippen LogP contribution in [0.25, 0.3) is 11.1 Å². The average molecular weight is 495 g/mol. The number of aromatic nitrogens is 2. The molecule has 2 aliphatic heterocycles. The van der Waals surface area contributed by atoms with Gasteiger partial charge in [-0.3, -0.25) is 4.90 Å². The Morgan fingerprint density at radius 3 is 2.49 bits per heavy atom. The van der Waals surface area contributed by atoms with E-state index < -0.39 is 10.0 Å². The van der Waals surface area contributed by atoms with Crippen molar-refractivity contribution in [2.75, 3.05) is 33.4 Å². The van der Waals surface area contributed by atoms with Crippen LogP contribution in [0, 0.1) is 0 Å². The fourth-order valence-corrected chi connectivity index (χ4v) is 6.92. The van der Waals surface area contributed by atoms with Crippen LogP contribution in [0.3, 0.4) is 0 Å². The van der Waals surface area contributed by atoms with Gasteiger partial charge in [-0.2, -0.15) is 4.31 Å². The summed E-state index contributed by atoms with van der Waals surface area (Å²) < 4.78 is 34.0. The number of hydrogen-bond donors (Lipinski definition) is 1. The summed E-state index contributed by atoms with van der Waals surface area (Å²) in [5, 5.41) is 10.2. The molecule has 2 aromatic carbocycles. The number of benzene rings is 2. The largest absolute Gasteiger partial charge is 0.497 e. The molecule has 184 valence electrons. The molecule has 0 radical (unpaired) electrons. The Morgan fingerprint density at radius 1 is 1.03 bits per heavy atom. The lowest BCUT2D eigenvalue weighted by molar-refractivity contribution is -0.0553. The zero-order chi connectivity index (χ0) is 24.4. The van der Waals surface area contributed by atoms with Crippen molar-refractivity contribution in [2.45, 2.75) is 35.7 Å². The Labute approximate surface area is 206 Å². The third kappa shape index (κ3) is 4.56. The van der Waals surface area contributed by atoms with Crippen molar-refractivity contribution in [2.24, 2.45) is 0 Å². The Balaban J connectivity index is 1.42. The van der Waals surface area contributed by atoms with Crippen LogP contribution in [0.5, 0.6) is 5.75 Å². The summed E-state index contributed by atoms with van der Waals surface area (Å²) >= 11 is 0. The molecule has 0 spiro atoms. The highest BCUT2D eigenvalue weighted by Crippen LogP contribution is 2.43. The minimum atomic E-state index is -3.68. The van der Waals surface area contributed by atoms with Crippen molar-refractivity contribution in [3.05, 3.63) is 72.8 Å². The van der Waals surface area contributed by atoms with Crippen molar-refractivity contribution in [1.29, 1.82) is 0 Å². The molecule has 1 N–H and O–H groups in total. The average Bonchev–Trinajstić information content (AvgIpc) is 2.88. The highest BCUT2D eigenvalue weighted by atomic mass is 32.2. The number of aliphatic hydroxyl groups excluding tert-OH is 1. The second kappa shape index (κ2) is 10.0. The van der Waals surface area contributed by atoms with Gasteiger partial charge in [-0.25, -0.2) is 18.4 Å². The summed E-state index contributed by atoms with van der Waals surface area (Å²) in [6, 6.07) is 14.9. The van der Waals surface area contributed by atoms with Crippen LogP contribution in [0.15, 0.2) is 72.1 Å². The lowest BCUT2D eigenvalue weighted by atomic mass is 9.74. The van der Waals surface area contributed by atoms with Crippen molar-refractivity contribution < 1.29 is 18.3 Å². The number of ether oxygens (including phenoxy) is 1. The van der Waals surface area contributed by atoms with E-state index in [0.717, 1.165) is 36.1 Å².